The first kappa shape index (κ1) is 17.8. The monoisotopic (exact) mass is 365 g/mol. The summed E-state index contributed by atoms with van der Waals surface area (Å²) in [5.74, 6) is -0.510. The third kappa shape index (κ3) is 3.00. The molecule has 0 aliphatic carbocycles. The number of benzene rings is 1. The highest BCUT2D eigenvalue weighted by molar-refractivity contribution is 6.09. The molecule has 0 spiro atoms. The summed E-state index contributed by atoms with van der Waals surface area (Å²) in [7, 11) is 0. The number of amides is 1. The van der Waals surface area contributed by atoms with Gasteiger partial charge >= 0.3 is 6.18 Å². The summed E-state index contributed by atoms with van der Waals surface area (Å²) in [6.07, 6.45) is -3.59. The lowest BCUT2D eigenvalue weighted by Crippen LogP contribution is -2.47. The van der Waals surface area contributed by atoms with E-state index in [2.05, 4.69) is 4.98 Å². The van der Waals surface area contributed by atoms with Crippen molar-refractivity contribution in [1.82, 2.24) is 4.98 Å². The fraction of sp³-hybridized carbons (Fsp3) is 0.294. The molecule has 6 nitrogen and oxygen atoms in total. The highest BCUT2D eigenvalue weighted by Crippen LogP contribution is 2.37. The number of nitro groups is 1. The Hall–Kier alpha value is -2.97. The number of aromatic nitrogens is 1. The van der Waals surface area contributed by atoms with Crippen LogP contribution in [0.4, 0.5) is 24.5 Å². The molecule has 0 saturated carbocycles. The highest BCUT2D eigenvalue weighted by atomic mass is 19.4. The first-order valence-corrected chi connectivity index (χ1v) is 7.65. The van der Waals surface area contributed by atoms with E-state index in [-0.39, 0.29) is 23.5 Å². The lowest BCUT2D eigenvalue weighted by Gasteiger charge is -2.39. The van der Waals surface area contributed by atoms with E-state index >= 15 is 0 Å². The second-order valence-electron chi connectivity index (χ2n) is 6.66. The molecule has 0 atom stereocenters. The van der Waals surface area contributed by atoms with Gasteiger partial charge in [-0.2, -0.15) is 13.2 Å². The van der Waals surface area contributed by atoms with Gasteiger partial charge in [0.2, 0.25) is 0 Å². The molecule has 2 aromatic rings. The first-order chi connectivity index (χ1) is 12.0. The van der Waals surface area contributed by atoms with E-state index in [0.717, 1.165) is 12.3 Å². The molecule has 26 heavy (non-hydrogen) atoms. The van der Waals surface area contributed by atoms with Crippen LogP contribution in [0.3, 0.4) is 0 Å². The number of non-ortho nitro benzene ring substituents is 1. The molecule has 0 radical (unpaired) electrons. The zero-order valence-electron chi connectivity index (χ0n) is 13.9. The zero-order chi connectivity index (χ0) is 19.3. The number of rotatable bonds is 2. The number of carbonyl (C=O) groups is 1. The maximum Gasteiger partial charge on any atom is 0.433 e. The molecule has 1 aliphatic rings. The number of anilines is 1. The van der Waals surface area contributed by atoms with Crippen LogP contribution in [-0.4, -0.2) is 22.4 Å². The van der Waals surface area contributed by atoms with Crippen LogP contribution in [0, 0.1) is 10.1 Å². The minimum Gasteiger partial charge on any atom is -0.306 e. The van der Waals surface area contributed by atoms with Crippen molar-refractivity contribution in [3.8, 4) is 0 Å². The van der Waals surface area contributed by atoms with Gasteiger partial charge in [0.1, 0.15) is 5.69 Å². The minimum atomic E-state index is -4.57. The van der Waals surface area contributed by atoms with Crippen molar-refractivity contribution in [3.63, 3.8) is 0 Å². The first-order valence-electron chi connectivity index (χ1n) is 7.65. The Morgan fingerprint density at radius 3 is 2.46 bits per heavy atom. The van der Waals surface area contributed by atoms with Crippen molar-refractivity contribution in [2.45, 2.75) is 25.4 Å². The summed E-state index contributed by atoms with van der Waals surface area (Å²) in [5.41, 5.74) is -0.796. The number of alkyl halides is 3. The fourth-order valence-electron chi connectivity index (χ4n) is 3.03. The van der Waals surface area contributed by atoms with Crippen LogP contribution in [0.5, 0.6) is 0 Å². The number of carbonyl (C=O) groups excluding carboxylic acids is 1. The molecule has 0 N–H and O–H groups in total. The number of hydrogen-bond acceptors (Lipinski definition) is 4. The second kappa shape index (κ2) is 5.79. The number of fused-ring (bicyclic) bond motifs is 1. The number of pyridine rings is 1. The van der Waals surface area contributed by atoms with Crippen LogP contribution in [0.25, 0.3) is 0 Å². The quantitative estimate of drug-likeness (QED) is 0.597. The van der Waals surface area contributed by atoms with E-state index in [1.165, 1.54) is 23.1 Å². The lowest BCUT2D eigenvalue weighted by molar-refractivity contribution is -0.384. The second-order valence-corrected chi connectivity index (χ2v) is 6.66. The van der Waals surface area contributed by atoms with Gasteiger partial charge in [0.15, 0.2) is 0 Å². The number of hydrogen-bond donors (Lipinski definition) is 0. The molecule has 1 aromatic heterocycles. The number of nitrogens with zero attached hydrogens (tertiary/aromatic N) is 3. The molecule has 3 rings (SSSR count). The number of nitro benzene ring substituents is 1. The molecule has 1 amide bonds. The van der Waals surface area contributed by atoms with E-state index in [1.54, 1.807) is 6.07 Å². The third-order valence-corrected chi connectivity index (χ3v) is 4.32. The molecule has 0 saturated heterocycles. The van der Waals surface area contributed by atoms with Gasteiger partial charge in [0, 0.05) is 24.1 Å². The maximum atomic E-state index is 12.8. The number of halogens is 3. The van der Waals surface area contributed by atoms with Crippen molar-refractivity contribution in [3.05, 3.63) is 63.5 Å². The molecule has 136 valence electrons. The van der Waals surface area contributed by atoms with E-state index in [9.17, 15) is 28.1 Å². The Bertz CT molecular complexity index is 892. The lowest BCUT2D eigenvalue weighted by atomic mass is 9.78. The third-order valence-electron chi connectivity index (χ3n) is 4.32. The van der Waals surface area contributed by atoms with Gasteiger partial charge in [-0.25, -0.2) is 4.98 Å². The molecule has 0 bridgehead atoms. The summed E-state index contributed by atoms with van der Waals surface area (Å²) in [5, 5.41) is 11.0. The largest absolute Gasteiger partial charge is 0.433 e. The smallest absolute Gasteiger partial charge is 0.306 e. The normalized spacial score (nSPS) is 16.3. The molecule has 2 heterocycles. The van der Waals surface area contributed by atoms with Crippen molar-refractivity contribution >= 4 is 17.3 Å². The minimum absolute atomic E-state index is 0.162. The van der Waals surface area contributed by atoms with Crippen LogP contribution in [0.15, 0.2) is 36.5 Å². The topological polar surface area (TPSA) is 76.3 Å². The highest BCUT2D eigenvalue weighted by Gasteiger charge is 2.39. The molecule has 0 fully saturated rings. The molecular weight excluding hydrogens is 351 g/mol. The van der Waals surface area contributed by atoms with Crippen LogP contribution in [0.2, 0.25) is 0 Å². The fourth-order valence-corrected chi connectivity index (χ4v) is 3.03. The van der Waals surface area contributed by atoms with Crippen LogP contribution < -0.4 is 4.90 Å². The van der Waals surface area contributed by atoms with Crippen molar-refractivity contribution in [1.29, 1.82) is 0 Å². The van der Waals surface area contributed by atoms with E-state index < -0.39 is 28.1 Å². The van der Waals surface area contributed by atoms with Gasteiger partial charge in [-0.15, -0.1) is 0 Å². The van der Waals surface area contributed by atoms with Gasteiger partial charge < -0.3 is 4.90 Å². The maximum absolute atomic E-state index is 12.8. The average molecular weight is 365 g/mol. The van der Waals surface area contributed by atoms with Gasteiger partial charge in [-0.05, 0) is 17.7 Å². The average Bonchev–Trinajstić information content (AvgIpc) is 2.57. The van der Waals surface area contributed by atoms with Crippen molar-refractivity contribution < 1.29 is 22.9 Å². The Morgan fingerprint density at radius 1 is 1.23 bits per heavy atom. The van der Waals surface area contributed by atoms with Gasteiger partial charge in [-0.1, -0.05) is 19.9 Å². The molecule has 9 heteroatoms. The van der Waals surface area contributed by atoms with Crippen molar-refractivity contribution in [2.24, 2.45) is 0 Å². The summed E-state index contributed by atoms with van der Waals surface area (Å²) in [6, 6.07) is 6.06. The standard InChI is InChI=1S/C17H14F3N3O3/c1-16(2)9-22(11-4-6-14(21-8-11)17(18,19)20)15(24)12-7-10(23(25)26)3-5-13(12)16/h3-8H,9H2,1-2H3. The van der Waals surface area contributed by atoms with Gasteiger partial charge in [0.05, 0.1) is 22.4 Å². The van der Waals surface area contributed by atoms with Gasteiger partial charge in [-0.3, -0.25) is 14.9 Å². The Balaban J connectivity index is 2.05. The Morgan fingerprint density at radius 2 is 1.92 bits per heavy atom. The van der Waals surface area contributed by atoms with Crippen LogP contribution in [-0.2, 0) is 11.6 Å². The van der Waals surface area contributed by atoms with E-state index in [4.69, 9.17) is 0 Å². The summed E-state index contributed by atoms with van der Waals surface area (Å²) >= 11 is 0. The Labute approximate surface area is 146 Å². The summed E-state index contributed by atoms with van der Waals surface area (Å²) < 4.78 is 38.0. The molecule has 1 aliphatic heterocycles. The predicted molar refractivity (Wildman–Crippen MR) is 87.0 cm³/mol. The summed E-state index contributed by atoms with van der Waals surface area (Å²) in [6.45, 7) is 3.92. The predicted octanol–water partition coefficient (Wildman–Crippen LogP) is 3.95. The molecular formula is C17H14F3N3O3. The van der Waals surface area contributed by atoms with Gasteiger partial charge in [0.25, 0.3) is 11.6 Å². The van der Waals surface area contributed by atoms with Crippen molar-refractivity contribution in [2.75, 3.05) is 11.4 Å². The van der Waals surface area contributed by atoms with Crippen LogP contribution >= 0.6 is 0 Å². The molecule has 0 unspecified atom stereocenters. The SMILES string of the molecule is CC1(C)CN(c2ccc(C(F)(F)F)nc2)C(=O)c2cc([N+](=O)[O-])ccc21. The molecule has 1 aromatic carbocycles. The van der Waals surface area contributed by atoms with E-state index in [1.807, 2.05) is 13.8 Å². The summed E-state index contributed by atoms with van der Waals surface area (Å²) in [4.78, 5) is 27.9. The van der Waals surface area contributed by atoms with Crippen LogP contribution in [0.1, 0.15) is 35.5 Å². The van der Waals surface area contributed by atoms with E-state index in [0.29, 0.717) is 5.56 Å². The zero-order valence-corrected chi connectivity index (χ0v) is 13.9. The Kier molecular flexibility index (Phi) is 3.97.